The highest BCUT2D eigenvalue weighted by molar-refractivity contribution is 5.79. The summed E-state index contributed by atoms with van der Waals surface area (Å²) in [6.45, 7) is 1.57. The Hall–Kier alpha value is -1.14. The van der Waals surface area contributed by atoms with Crippen molar-refractivity contribution in [3.63, 3.8) is 0 Å². The molecule has 1 saturated heterocycles. The lowest BCUT2D eigenvalue weighted by atomic mass is 10.0. The number of aliphatic carboxylic acids is 1. The molecule has 4 N–H and O–H groups in total. The Balaban J connectivity index is 1.70. The lowest BCUT2D eigenvalue weighted by Gasteiger charge is -2.19. The van der Waals surface area contributed by atoms with E-state index >= 15 is 0 Å². The number of carboxylic acids is 1. The van der Waals surface area contributed by atoms with Crippen molar-refractivity contribution in [1.29, 1.82) is 0 Å². The number of hydrogen-bond donors (Lipinski definition) is 3. The third-order valence-corrected chi connectivity index (χ3v) is 3.40. The van der Waals surface area contributed by atoms with E-state index < -0.39 is 11.5 Å². The second-order valence-corrected chi connectivity index (χ2v) is 5.08. The number of amides is 1. The lowest BCUT2D eigenvalue weighted by Crippen LogP contribution is -2.50. The minimum Gasteiger partial charge on any atom is -0.480 e. The Morgan fingerprint density at radius 3 is 2.71 bits per heavy atom. The van der Waals surface area contributed by atoms with Crippen LogP contribution in [-0.4, -0.2) is 53.1 Å². The molecule has 0 aromatic heterocycles. The average Bonchev–Trinajstić information content (AvgIpc) is 2.97. The molecule has 1 aliphatic heterocycles. The molecule has 17 heavy (non-hydrogen) atoms. The second kappa shape index (κ2) is 4.62. The standard InChI is InChI=1S/C11H19N3O3/c12-11(10(16)17)4-6-14(7-11)5-3-9(15)13-8-1-2-8/h8H,1-7,12H2,(H,13,15)(H,16,17). The Morgan fingerprint density at radius 1 is 1.47 bits per heavy atom. The summed E-state index contributed by atoms with van der Waals surface area (Å²) >= 11 is 0. The van der Waals surface area contributed by atoms with Crippen molar-refractivity contribution >= 4 is 11.9 Å². The molecule has 0 aromatic carbocycles. The van der Waals surface area contributed by atoms with Crippen LogP contribution < -0.4 is 11.1 Å². The maximum Gasteiger partial charge on any atom is 0.325 e. The molecular weight excluding hydrogens is 222 g/mol. The number of likely N-dealkylation sites (tertiary alicyclic amines) is 1. The summed E-state index contributed by atoms with van der Waals surface area (Å²) < 4.78 is 0. The maximum absolute atomic E-state index is 11.5. The largest absolute Gasteiger partial charge is 0.480 e. The van der Waals surface area contributed by atoms with Gasteiger partial charge in [0.1, 0.15) is 5.54 Å². The molecule has 2 aliphatic rings. The van der Waals surface area contributed by atoms with Gasteiger partial charge in [-0.2, -0.15) is 0 Å². The molecule has 1 saturated carbocycles. The third-order valence-electron chi connectivity index (χ3n) is 3.40. The number of nitrogens with one attached hydrogen (secondary N) is 1. The van der Waals surface area contributed by atoms with Gasteiger partial charge in [0.05, 0.1) is 0 Å². The van der Waals surface area contributed by atoms with Crippen molar-refractivity contribution in [3.8, 4) is 0 Å². The van der Waals surface area contributed by atoms with Gasteiger partial charge in [-0.1, -0.05) is 0 Å². The Kier molecular flexibility index (Phi) is 3.35. The van der Waals surface area contributed by atoms with Gasteiger partial charge < -0.3 is 21.1 Å². The van der Waals surface area contributed by atoms with Gasteiger partial charge in [0.25, 0.3) is 0 Å². The van der Waals surface area contributed by atoms with Crippen molar-refractivity contribution in [3.05, 3.63) is 0 Å². The highest BCUT2D eigenvalue weighted by atomic mass is 16.4. The minimum absolute atomic E-state index is 0.0531. The fourth-order valence-electron chi connectivity index (χ4n) is 2.07. The first-order chi connectivity index (χ1) is 7.99. The molecular formula is C11H19N3O3. The van der Waals surface area contributed by atoms with Crippen LogP contribution in [-0.2, 0) is 9.59 Å². The zero-order valence-corrected chi connectivity index (χ0v) is 9.82. The zero-order chi connectivity index (χ0) is 12.5. The lowest BCUT2D eigenvalue weighted by molar-refractivity contribution is -0.142. The predicted octanol–water partition coefficient (Wildman–Crippen LogP) is -0.857. The summed E-state index contributed by atoms with van der Waals surface area (Å²) in [5, 5.41) is 11.9. The number of nitrogens with two attached hydrogens (primary N) is 1. The smallest absolute Gasteiger partial charge is 0.325 e. The highest BCUT2D eigenvalue weighted by Crippen LogP contribution is 2.20. The molecule has 6 nitrogen and oxygen atoms in total. The van der Waals surface area contributed by atoms with Crippen LogP contribution in [0.25, 0.3) is 0 Å². The first-order valence-corrected chi connectivity index (χ1v) is 6.04. The average molecular weight is 241 g/mol. The van der Waals surface area contributed by atoms with Crippen LogP contribution >= 0.6 is 0 Å². The monoisotopic (exact) mass is 241 g/mol. The van der Waals surface area contributed by atoms with Crippen LogP contribution in [0.15, 0.2) is 0 Å². The summed E-state index contributed by atoms with van der Waals surface area (Å²) in [5.41, 5.74) is 4.62. The normalized spacial score (nSPS) is 29.2. The van der Waals surface area contributed by atoms with E-state index in [-0.39, 0.29) is 5.91 Å². The van der Waals surface area contributed by atoms with E-state index in [0.29, 0.717) is 38.5 Å². The van der Waals surface area contributed by atoms with Crippen molar-refractivity contribution in [2.24, 2.45) is 5.73 Å². The first-order valence-electron chi connectivity index (χ1n) is 6.04. The first kappa shape index (κ1) is 12.3. The minimum atomic E-state index is -1.13. The quantitative estimate of drug-likeness (QED) is 0.582. The van der Waals surface area contributed by atoms with Gasteiger partial charge in [-0.3, -0.25) is 9.59 Å². The summed E-state index contributed by atoms with van der Waals surface area (Å²) in [5.74, 6) is -0.903. The summed E-state index contributed by atoms with van der Waals surface area (Å²) in [6.07, 6.45) is 3.04. The Labute approximate surface area is 100 Å². The van der Waals surface area contributed by atoms with Crippen LogP contribution in [0.5, 0.6) is 0 Å². The van der Waals surface area contributed by atoms with Gasteiger partial charge in [0.15, 0.2) is 0 Å². The predicted molar refractivity (Wildman–Crippen MR) is 61.4 cm³/mol. The number of rotatable bonds is 5. The van der Waals surface area contributed by atoms with E-state index in [1.807, 2.05) is 4.90 Å². The van der Waals surface area contributed by atoms with E-state index in [1.54, 1.807) is 0 Å². The summed E-state index contributed by atoms with van der Waals surface area (Å²) in [6, 6.07) is 0.383. The molecule has 96 valence electrons. The molecule has 2 fully saturated rings. The number of nitrogens with zero attached hydrogens (tertiary/aromatic N) is 1. The van der Waals surface area contributed by atoms with Crippen molar-refractivity contribution in [1.82, 2.24) is 10.2 Å². The SMILES string of the molecule is NC1(C(=O)O)CCN(CCC(=O)NC2CC2)C1. The van der Waals surface area contributed by atoms with Crippen LogP contribution in [0.2, 0.25) is 0 Å². The third kappa shape index (κ3) is 3.17. The second-order valence-electron chi connectivity index (χ2n) is 5.08. The molecule has 0 aromatic rings. The highest BCUT2D eigenvalue weighted by Gasteiger charge is 2.41. The van der Waals surface area contributed by atoms with E-state index in [4.69, 9.17) is 10.8 Å². The van der Waals surface area contributed by atoms with Crippen LogP contribution in [0.4, 0.5) is 0 Å². The van der Waals surface area contributed by atoms with Gasteiger partial charge in [0, 0.05) is 32.1 Å². The van der Waals surface area contributed by atoms with E-state index in [2.05, 4.69) is 5.32 Å². The number of carboxylic acid groups (broad SMARTS) is 1. The van der Waals surface area contributed by atoms with Gasteiger partial charge in [0.2, 0.25) is 5.91 Å². The molecule has 2 rings (SSSR count). The van der Waals surface area contributed by atoms with Crippen molar-refractivity contribution < 1.29 is 14.7 Å². The van der Waals surface area contributed by atoms with Crippen LogP contribution in [0.1, 0.15) is 25.7 Å². The molecule has 1 atom stereocenters. The van der Waals surface area contributed by atoms with Gasteiger partial charge in [-0.25, -0.2) is 0 Å². The van der Waals surface area contributed by atoms with E-state index in [9.17, 15) is 9.59 Å². The Morgan fingerprint density at radius 2 is 2.18 bits per heavy atom. The number of carbonyl (C=O) groups is 2. The molecule has 0 bridgehead atoms. The summed E-state index contributed by atoms with van der Waals surface area (Å²) in [4.78, 5) is 24.3. The van der Waals surface area contributed by atoms with Crippen molar-refractivity contribution in [2.75, 3.05) is 19.6 Å². The van der Waals surface area contributed by atoms with Crippen LogP contribution in [0.3, 0.4) is 0 Å². The molecule has 0 spiro atoms. The van der Waals surface area contributed by atoms with Gasteiger partial charge >= 0.3 is 5.97 Å². The zero-order valence-electron chi connectivity index (χ0n) is 9.82. The molecule has 1 aliphatic carbocycles. The molecule has 1 amide bonds. The Bertz CT molecular complexity index is 330. The molecule has 1 heterocycles. The van der Waals surface area contributed by atoms with E-state index in [0.717, 1.165) is 12.8 Å². The number of carbonyl (C=O) groups excluding carboxylic acids is 1. The van der Waals surface area contributed by atoms with Gasteiger partial charge in [-0.05, 0) is 19.3 Å². The fraction of sp³-hybridized carbons (Fsp3) is 0.818. The topological polar surface area (TPSA) is 95.7 Å². The van der Waals surface area contributed by atoms with E-state index in [1.165, 1.54) is 0 Å². The van der Waals surface area contributed by atoms with Crippen molar-refractivity contribution in [2.45, 2.75) is 37.3 Å². The fourth-order valence-corrected chi connectivity index (χ4v) is 2.07. The molecule has 1 unspecified atom stereocenters. The molecule has 0 radical (unpaired) electrons. The molecule has 6 heteroatoms. The van der Waals surface area contributed by atoms with Crippen LogP contribution in [0, 0.1) is 0 Å². The number of hydrogen-bond acceptors (Lipinski definition) is 4. The van der Waals surface area contributed by atoms with Gasteiger partial charge in [-0.15, -0.1) is 0 Å². The maximum atomic E-state index is 11.5. The summed E-state index contributed by atoms with van der Waals surface area (Å²) in [7, 11) is 0.